The number of carboxylic acids is 1. The van der Waals surface area contributed by atoms with Crippen LogP contribution in [-0.4, -0.2) is 44.8 Å². The van der Waals surface area contributed by atoms with Crippen LogP contribution in [0.5, 0.6) is 0 Å². The van der Waals surface area contributed by atoms with Crippen molar-refractivity contribution in [1.29, 1.82) is 0 Å². The van der Waals surface area contributed by atoms with Gasteiger partial charge in [-0.15, -0.1) is 0 Å². The van der Waals surface area contributed by atoms with E-state index < -0.39 is 11.4 Å². The third-order valence-corrected chi connectivity index (χ3v) is 5.43. The monoisotopic (exact) mass is 321 g/mol. The summed E-state index contributed by atoms with van der Waals surface area (Å²) in [5.41, 5.74) is 2.36. The quantitative estimate of drug-likeness (QED) is 0.899. The molecular formula is C17H27N3O3. The van der Waals surface area contributed by atoms with Crippen molar-refractivity contribution in [2.24, 2.45) is 18.4 Å². The molecule has 1 N–H and O–H groups in total. The van der Waals surface area contributed by atoms with Crippen molar-refractivity contribution in [3.63, 3.8) is 0 Å². The number of amides is 1. The Morgan fingerprint density at radius 1 is 1.35 bits per heavy atom. The van der Waals surface area contributed by atoms with Crippen LogP contribution in [0.2, 0.25) is 0 Å². The van der Waals surface area contributed by atoms with Crippen LogP contribution >= 0.6 is 0 Å². The van der Waals surface area contributed by atoms with Gasteiger partial charge in [0.1, 0.15) is 0 Å². The molecule has 0 saturated carbocycles. The number of carbonyl (C=O) groups excluding carboxylic acids is 1. The highest BCUT2D eigenvalue weighted by Gasteiger charge is 2.48. The highest BCUT2D eigenvalue weighted by Crippen LogP contribution is 2.38. The van der Waals surface area contributed by atoms with Gasteiger partial charge in [-0.2, -0.15) is 5.10 Å². The van der Waals surface area contributed by atoms with Crippen molar-refractivity contribution in [3.8, 4) is 0 Å². The van der Waals surface area contributed by atoms with E-state index in [2.05, 4.69) is 5.10 Å². The topological polar surface area (TPSA) is 75.4 Å². The Kier molecular flexibility index (Phi) is 4.82. The van der Waals surface area contributed by atoms with Crippen molar-refractivity contribution in [2.75, 3.05) is 13.1 Å². The molecule has 1 saturated heterocycles. The number of aliphatic carboxylic acids is 1. The largest absolute Gasteiger partial charge is 0.481 e. The van der Waals surface area contributed by atoms with E-state index in [0.717, 1.165) is 17.0 Å². The highest BCUT2D eigenvalue weighted by molar-refractivity contribution is 5.81. The summed E-state index contributed by atoms with van der Waals surface area (Å²) in [6, 6.07) is 0. The Morgan fingerprint density at radius 3 is 2.43 bits per heavy atom. The van der Waals surface area contributed by atoms with Crippen LogP contribution in [0.3, 0.4) is 0 Å². The number of rotatable bonds is 5. The van der Waals surface area contributed by atoms with Crippen molar-refractivity contribution in [1.82, 2.24) is 14.7 Å². The van der Waals surface area contributed by atoms with E-state index in [1.807, 2.05) is 39.4 Å². The second-order valence-corrected chi connectivity index (χ2v) is 6.95. The molecule has 1 fully saturated rings. The molecule has 0 radical (unpaired) electrons. The molecule has 1 atom stereocenters. The number of hydrogen-bond acceptors (Lipinski definition) is 3. The van der Waals surface area contributed by atoms with E-state index in [-0.39, 0.29) is 11.8 Å². The first-order chi connectivity index (χ1) is 10.7. The van der Waals surface area contributed by atoms with E-state index in [1.165, 1.54) is 0 Å². The first kappa shape index (κ1) is 17.5. The SMILES string of the molecule is Cc1nn(C)c(C)c1CCC(=O)N1CCC(C(=O)O)(C(C)C)C1. The van der Waals surface area contributed by atoms with E-state index in [4.69, 9.17) is 0 Å². The summed E-state index contributed by atoms with van der Waals surface area (Å²) in [5.74, 6) is -0.737. The Bertz CT molecular complexity index is 621. The summed E-state index contributed by atoms with van der Waals surface area (Å²) >= 11 is 0. The zero-order valence-electron chi connectivity index (χ0n) is 14.7. The minimum absolute atomic E-state index is 0.0145. The summed E-state index contributed by atoms with van der Waals surface area (Å²) in [5, 5.41) is 13.9. The van der Waals surface area contributed by atoms with Crippen LogP contribution in [0, 0.1) is 25.2 Å². The lowest BCUT2D eigenvalue weighted by Gasteiger charge is -2.28. The normalized spacial score (nSPS) is 21.2. The Morgan fingerprint density at radius 2 is 2.00 bits per heavy atom. The average molecular weight is 321 g/mol. The van der Waals surface area contributed by atoms with Gasteiger partial charge in [0.15, 0.2) is 0 Å². The van der Waals surface area contributed by atoms with Crippen LogP contribution in [0.15, 0.2) is 0 Å². The number of carboxylic acid groups (broad SMARTS) is 1. The van der Waals surface area contributed by atoms with Gasteiger partial charge in [0, 0.05) is 32.3 Å². The molecule has 1 aromatic heterocycles. The number of likely N-dealkylation sites (tertiary alicyclic amines) is 1. The van der Waals surface area contributed by atoms with Crippen LogP contribution in [-0.2, 0) is 23.1 Å². The fourth-order valence-electron chi connectivity index (χ4n) is 3.51. The van der Waals surface area contributed by atoms with E-state index in [1.54, 1.807) is 4.90 Å². The molecule has 1 aliphatic rings. The molecule has 6 nitrogen and oxygen atoms in total. The Labute approximate surface area is 137 Å². The lowest BCUT2D eigenvalue weighted by Crippen LogP contribution is -2.40. The summed E-state index contributed by atoms with van der Waals surface area (Å²) in [4.78, 5) is 25.9. The zero-order chi connectivity index (χ0) is 17.4. The van der Waals surface area contributed by atoms with Crippen LogP contribution < -0.4 is 0 Å². The molecule has 0 spiro atoms. The van der Waals surface area contributed by atoms with E-state index in [0.29, 0.717) is 32.4 Å². The third-order valence-electron chi connectivity index (χ3n) is 5.43. The standard InChI is InChI=1S/C17H27N3O3/c1-11(2)17(16(22)23)8-9-20(10-17)15(21)7-6-14-12(3)18-19(5)13(14)4/h11H,6-10H2,1-5H3,(H,22,23). The van der Waals surface area contributed by atoms with E-state index >= 15 is 0 Å². The number of carbonyl (C=O) groups is 2. The van der Waals surface area contributed by atoms with Gasteiger partial charge in [0.25, 0.3) is 0 Å². The van der Waals surface area contributed by atoms with Gasteiger partial charge in [-0.05, 0) is 38.2 Å². The molecule has 1 aromatic rings. The van der Waals surface area contributed by atoms with Crippen LogP contribution in [0.4, 0.5) is 0 Å². The highest BCUT2D eigenvalue weighted by atomic mass is 16.4. The van der Waals surface area contributed by atoms with E-state index in [9.17, 15) is 14.7 Å². The summed E-state index contributed by atoms with van der Waals surface area (Å²) in [6.07, 6.45) is 1.60. The van der Waals surface area contributed by atoms with Gasteiger partial charge in [-0.3, -0.25) is 14.3 Å². The molecule has 0 bridgehead atoms. The Balaban J connectivity index is 2.01. The molecule has 2 heterocycles. The second kappa shape index (κ2) is 6.34. The fourth-order valence-corrected chi connectivity index (χ4v) is 3.51. The second-order valence-electron chi connectivity index (χ2n) is 6.95. The summed E-state index contributed by atoms with van der Waals surface area (Å²) in [6.45, 7) is 8.66. The smallest absolute Gasteiger partial charge is 0.311 e. The molecule has 0 aliphatic carbocycles. The molecule has 6 heteroatoms. The molecule has 128 valence electrons. The predicted molar refractivity (Wildman–Crippen MR) is 87.1 cm³/mol. The molecule has 23 heavy (non-hydrogen) atoms. The molecule has 1 unspecified atom stereocenters. The van der Waals surface area contributed by atoms with Crippen molar-refractivity contribution in [3.05, 3.63) is 17.0 Å². The Hall–Kier alpha value is -1.85. The lowest BCUT2D eigenvalue weighted by molar-refractivity contribution is -0.151. The molecule has 1 aliphatic heterocycles. The van der Waals surface area contributed by atoms with Gasteiger partial charge in [-0.25, -0.2) is 0 Å². The maximum atomic E-state index is 12.5. The van der Waals surface area contributed by atoms with Gasteiger partial charge < -0.3 is 10.0 Å². The summed E-state index contributed by atoms with van der Waals surface area (Å²) in [7, 11) is 1.90. The fraction of sp³-hybridized carbons (Fsp3) is 0.706. The van der Waals surface area contributed by atoms with Gasteiger partial charge in [0.05, 0.1) is 11.1 Å². The first-order valence-electron chi connectivity index (χ1n) is 8.19. The minimum Gasteiger partial charge on any atom is -0.481 e. The van der Waals surface area contributed by atoms with Crippen molar-refractivity contribution >= 4 is 11.9 Å². The van der Waals surface area contributed by atoms with Crippen LogP contribution in [0.25, 0.3) is 0 Å². The number of nitrogens with zero attached hydrogens (tertiary/aromatic N) is 3. The van der Waals surface area contributed by atoms with Crippen LogP contribution in [0.1, 0.15) is 43.6 Å². The maximum Gasteiger partial charge on any atom is 0.311 e. The van der Waals surface area contributed by atoms with Crippen molar-refractivity contribution < 1.29 is 14.7 Å². The average Bonchev–Trinajstić information content (AvgIpc) is 3.01. The van der Waals surface area contributed by atoms with Gasteiger partial charge in [0.2, 0.25) is 5.91 Å². The zero-order valence-corrected chi connectivity index (χ0v) is 14.7. The molecular weight excluding hydrogens is 294 g/mol. The maximum absolute atomic E-state index is 12.5. The number of hydrogen-bond donors (Lipinski definition) is 1. The number of aromatic nitrogens is 2. The van der Waals surface area contributed by atoms with Gasteiger partial charge in [-0.1, -0.05) is 13.8 Å². The van der Waals surface area contributed by atoms with Gasteiger partial charge >= 0.3 is 5.97 Å². The first-order valence-corrected chi connectivity index (χ1v) is 8.19. The predicted octanol–water partition coefficient (Wildman–Crippen LogP) is 1.93. The number of aryl methyl sites for hydroxylation is 2. The molecule has 1 amide bonds. The van der Waals surface area contributed by atoms with Crippen molar-refractivity contribution in [2.45, 2.75) is 47.0 Å². The molecule has 2 rings (SSSR count). The summed E-state index contributed by atoms with van der Waals surface area (Å²) < 4.78 is 1.83. The third kappa shape index (κ3) is 3.12. The minimum atomic E-state index is -0.796. The lowest BCUT2D eigenvalue weighted by atomic mass is 9.76. The molecule has 0 aromatic carbocycles.